The number of ether oxygens (including phenoxy) is 3. The first-order valence-corrected chi connectivity index (χ1v) is 15.1. The normalized spacial score (nSPS) is 28.5. The van der Waals surface area contributed by atoms with Crippen LogP contribution in [0.3, 0.4) is 0 Å². The molecule has 0 bridgehead atoms. The molecule has 14 heteroatoms. The zero-order valence-corrected chi connectivity index (χ0v) is 25.5. The lowest BCUT2D eigenvalue weighted by Gasteiger charge is -2.30. The third kappa shape index (κ3) is 7.21. The number of nitrogens with one attached hydrogen (secondary N) is 2. The predicted octanol–water partition coefficient (Wildman–Crippen LogP) is 2.47. The molecule has 0 radical (unpaired) electrons. The molecule has 0 aromatic heterocycles. The lowest BCUT2D eigenvalue weighted by molar-refractivity contribution is -0.146. The molecule has 1 aromatic rings. The van der Waals surface area contributed by atoms with Gasteiger partial charge >= 0.3 is 18.2 Å². The number of fused-ring (bicyclic) bond motifs is 3. The number of allylic oxidation sites excluding steroid dienone is 1. The van der Waals surface area contributed by atoms with E-state index in [9.17, 15) is 33.5 Å². The second-order valence-corrected chi connectivity index (χ2v) is 12.9. The van der Waals surface area contributed by atoms with Gasteiger partial charge in [0, 0.05) is 31.1 Å². The first-order chi connectivity index (χ1) is 21.3. The van der Waals surface area contributed by atoms with Crippen LogP contribution >= 0.6 is 0 Å². The van der Waals surface area contributed by atoms with Gasteiger partial charge in [-0.2, -0.15) is 0 Å². The zero-order valence-electron chi connectivity index (χ0n) is 25.5. The van der Waals surface area contributed by atoms with Crippen molar-refractivity contribution in [2.24, 2.45) is 5.92 Å². The molecule has 1 saturated heterocycles. The zero-order chi connectivity index (χ0) is 32.5. The summed E-state index contributed by atoms with van der Waals surface area (Å²) in [5, 5.41) is 15.2. The van der Waals surface area contributed by atoms with Gasteiger partial charge in [0.05, 0.1) is 19.7 Å². The molecule has 13 nitrogen and oxygen atoms in total. The fourth-order valence-corrected chi connectivity index (χ4v) is 5.96. The number of carbonyl (C=O) groups is 5. The van der Waals surface area contributed by atoms with Crippen molar-refractivity contribution in [1.29, 1.82) is 0 Å². The summed E-state index contributed by atoms with van der Waals surface area (Å²) in [6.45, 7) is 5.01. The Bertz CT molecular complexity index is 1400. The van der Waals surface area contributed by atoms with Gasteiger partial charge in [-0.3, -0.25) is 14.5 Å². The van der Waals surface area contributed by atoms with E-state index in [0.717, 1.165) is 0 Å². The van der Waals surface area contributed by atoms with Gasteiger partial charge in [0.1, 0.15) is 35.1 Å². The van der Waals surface area contributed by atoms with Crippen molar-refractivity contribution in [3.63, 3.8) is 0 Å². The van der Waals surface area contributed by atoms with Crippen LogP contribution in [0.25, 0.3) is 0 Å². The minimum absolute atomic E-state index is 0.00930. The molecule has 3 aliphatic heterocycles. The van der Waals surface area contributed by atoms with Crippen molar-refractivity contribution in [3.8, 4) is 0 Å². The van der Waals surface area contributed by atoms with Crippen LogP contribution < -0.4 is 10.6 Å². The first kappa shape index (κ1) is 32.2. The van der Waals surface area contributed by atoms with Crippen molar-refractivity contribution < 1.29 is 47.7 Å². The summed E-state index contributed by atoms with van der Waals surface area (Å²) in [6, 6.07) is 2.14. The average Bonchev–Trinajstić information content (AvgIpc) is 3.27. The van der Waals surface area contributed by atoms with Crippen molar-refractivity contribution in [1.82, 2.24) is 20.4 Å². The maximum atomic E-state index is 14.3. The predicted molar refractivity (Wildman–Crippen MR) is 155 cm³/mol. The molecule has 244 valence electrons. The van der Waals surface area contributed by atoms with E-state index in [1.807, 2.05) is 6.08 Å². The minimum atomic E-state index is -1.52. The molecule has 4 amide bonds. The van der Waals surface area contributed by atoms with Crippen molar-refractivity contribution in [2.75, 3.05) is 19.8 Å². The Hall–Kier alpha value is -4.20. The van der Waals surface area contributed by atoms with Gasteiger partial charge in [0.25, 0.3) is 0 Å². The summed E-state index contributed by atoms with van der Waals surface area (Å²) < 4.78 is 31.1. The molecular formula is C31H39FN4O9. The molecule has 2 fully saturated rings. The van der Waals surface area contributed by atoms with Crippen LogP contribution in [0.2, 0.25) is 0 Å². The Morgan fingerprint density at radius 1 is 1.20 bits per heavy atom. The molecule has 1 aromatic carbocycles. The molecule has 45 heavy (non-hydrogen) atoms. The van der Waals surface area contributed by atoms with Gasteiger partial charge in [-0.1, -0.05) is 24.3 Å². The van der Waals surface area contributed by atoms with Crippen LogP contribution in [-0.2, 0) is 41.7 Å². The molecule has 0 spiro atoms. The molecule has 3 heterocycles. The Morgan fingerprint density at radius 2 is 1.98 bits per heavy atom. The number of carboxylic acid groups (broad SMARTS) is 1. The maximum Gasteiger partial charge on any atom is 0.410 e. The number of carboxylic acids is 1. The molecule has 1 saturated carbocycles. The Balaban J connectivity index is 1.37. The summed E-state index contributed by atoms with van der Waals surface area (Å²) in [7, 11) is 0. The van der Waals surface area contributed by atoms with Crippen molar-refractivity contribution in [3.05, 3.63) is 47.3 Å². The minimum Gasteiger partial charge on any atom is -0.479 e. The maximum absolute atomic E-state index is 14.3. The van der Waals surface area contributed by atoms with Crippen LogP contribution in [0, 0.1) is 11.7 Å². The number of hydrogen-bond acceptors (Lipinski definition) is 8. The standard InChI is InChI=1S/C31H39FN4O9/c1-30(2,3)45-28(41)33-23-17-43-11-6-4-5-9-19-13-31(19,27(39)40)34-25(37)24-12-20(15-36(24)26(23)38)44-29(42)35-14-18-8-7-10-22(32)21(18)16-35/h5,7-10,19-20,23-24H,4,6,11-17H2,1-3H3,(H,33,41)(H,34,37)(H,39,40)/t19-,20-,23+,24+,31-/m1/s1. The lowest BCUT2D eigenvalue weighted by Crippen LogP contribution is -2.57. The quantitative estimate of drug-likeness (QED) is 0.426. The largest absolute Gasteiger partial charge is 0.479 e. The van der Waals surface area contributed by atoms with E-state index in [-0.39, 0.29) is 45.7 Å². The average molecular weight is 631 g/mol. The van der Waals surface area contributed by atoms with E-state index in [1.165, 1.54) is 15.9 Å². The fraction of sp³-hybridized carbons (Fsp3) is 0.581. The van der Waals surface area contributed by atoms with Gasteiger partial charge in [-0.05, 0) is 51.7 Å². The molecular weight excluding hydrogens is 591 g/mol. The van der Waals surface area contributed by atoms with E-state index in [0.29, 0.717) is 24.0 Å². The summed E-state index contributed by atoms with van der Waals surface area (Å²) >= 11 is 0. The molecule has 5 rings (SSSR count). The number of aliphatic carboxylic acids is 1. The van der Waals surface area contributed by atoms with Gasteiger partial charge < -0.3 is 34.9 Å². The van der Waals surface area contributed by atoms with Crippen molar-refractivity contribution >= 4 is 30.0 Å². The molecule has 0 unspecified atom stereocenters. The van der Waals surface area contributed by atoms with Gasteiger partial charge in [0.2, 0.25) is 11.8 Å². The molecule has 3 N–H and O–H groups in total. The highest BCUT2D eigenvalue weighted by molar-refractivity contribution is 5.96. The second kappa shape index (κ2) is 12.7. The fourth-order valence-electron chi connectivity index (χ4n) is 5.96. The highest BCUT2D eigenvalue weighted by atomic mass is 19.1. The monoisotopic (exact) mass is 630 g/mol. The Labute approximate surface area is 260 Å². The van der Waals surface area contributed by atoms with Crippen molar-refractivity contribution in [2.45, 2.75) is 88.9 Å². The smallest absolute Gasteiger partial charge is 0.410 e. The van der Waals surface area contributed by atoms with E-state index < -0.39 is 71.0 Å². The van der Waals surface area contributed by atoms with Crippen LogP contribution in [0.1, 0.15) is 57.6 Å². The van der Waals surface area contributed by atoms with Crippen LogP contribution in [0.4, 0.5) is 14.0 Å². The SMILES string of the molecule is CC(C)(C)OC(=O)N[C@H]1COCCCC=C[C@@H]2C[C@@]2(C(=O)O)NC(=O)[C@@H]2C[C@@H](OC(=O)N3Cc4cccc(F)c4C3)CN2C1=O. The van der Waals surface area contributed by atoms with E-state index in [2.05, 4.69) is 10.6 Å². The molecule has 1 aliphatic carbocycles. The van der Waals surface area contributed by atoms with E-state index >= 15 is 0 Å². The number of carbonyl (C=O) groups excluding carboxylic acids is 4. The number of hydrogen-bond donors (Lipinski definition) is 3. The van der Waals surface area contributed by atoms with Gasteiger partial charge in [-0.15, -0.1) is 0 Å². The number of halogens is 1. The van der Waals surface area contributed by atoms with E-state index in [4.69, 9.17) is 14.2 Å². The number of benzene rings is 1. The highest BCUT2D eigenvalue weighted by Crippen LogP contribution is 2.45. The van der Waals surface area contributed by atoms with Gasteiger partial charge in [-0.25, -0.2) is 18.8 Å². The first-order valence-electron chi connectivity index (χ1n) is 15.1. The summed E-state index contributed by atoms with van der Waals surface area (Å²) in [5.74, 6) is -3.45. The summed E-state index contributed by atoms with van der Waals surface area (Å²) in [4.78, 5) is 68.2. The summed E-state index contributed by atoms with van der Waals surface area (Å²) in [5.41, 5.74) is -1.32. The Kier molecular flexibility index (Phi) is 9.06. The number of amides is 4. The topological polar surface area (TPSA) is 164 Å². The number of alkyl carbamates (subject to hydrolysis) is 1. The molecule has 4 aliphatic rings. The summed E-state index contributed by atoms with van der Waals surface area (Å²) in [6.07, 6.45) is 2.30. The van der Waals surface area contributed by atoms with Crippen LogP contribution in [-0.4, -0.2) is 94.0 Å². The highest BCUT2D eigenvalue weighted by Gasteiger charge is 2.61. The Morgan fingerprint density at radius 3 is 2.69 bits per heavy atom. The number of nitrogens with zero attached hydrogens (tertiary/aromatic N) is 2. The van der Waals surface area contributed by atoms with Gasteiger partial charge in [0.15, 0.2) is 0 Å². The van der Waals surface area contributed by atoms with Crippen LogP contribution in [0.15, 0.2) is 30.4 Å². The second-order valence-electron chi connectivity index (χ2n) is 12.9. The third-order valence-corrected chi connectivity index (χ3v) is 8.34. The molecule has 5 atom stereocenters. The van der Waals surface area contributed by atoms with E-state index in [1.54, 1.807) is 39.0 Å². The third-order valence-electron chi connectivity index (χ3n) is 8.34. The van der Waals surface area contributed by atoms with Crippen LogP contribution in [0.5, 0.6) is 0 Å². The number of rotatable bonds is 3. The lowest BCUT2D eigenvalue weighted by atomic mass is 10.1.